The molecule has 1 aromatic heterocycles. The van der Waals surface area contributed by atoms with E-state index in [1.807, 2.05) is 25.1 Å². The Morgan fingerprint density at radius 1 is 1.38 bits per heavy atom. The highest BCUT2D eigenvalue weighted by Gasteiger charge is 2.02. The van der Waals surface area contributed by atoms with Gasteiger partial charge in [0.2, 0.25) is 0 Å². The third-order valence-electron chi connectivity index (χ3n) is 1.77. The molecule has 0 bridgehead atoms. The van der Waals surface area contributed by atoms with Gasteiger partial charge >= 0.3 is 0 Å². The predicted octanol–water partition coefficient (Wildman–Crippen LogP) is 1.73. The van der Waals surface area contributed by atoms with Crippen molar-refractivity contribution in [3.8, 4) is 5.69 Å². The molecule has 2 rings (SSSR count). The van der Waals surface area contributed by atoms with Crippen LogP contribution < -0.4 is 0 Å². The molecule has 0 aliphatic rings. The summed E-state index contributed by atoms with van der Waals surface area (Å²) in [6.07, 6.45) is 1.58. The fourth-order valence-electron chi connectivity index (χ4n) is 1.10. The molecule has 0 aliphatic heterocycles. The Morgan fingerprint density at radius 2 is 2.23 bits per heavy atom. The molecule has 1 heterocycles. The summed E-state index contributed by atoms with van der Waals surface area (Å²) in [7, 11) is 0. The summed E-state index contributed by atoms with van der Waals surface area (Å²) < 4.78 is 2.66. The minimum absolute atomic E-state index is 0.986. The van der Waals surface area contributed by atoms with Gasteiger partial charge in [0, 0.05) is 4.47 Å². The van der Waals surface area contributed by atoms with Gasteiger partial charge in [-0.15, -0.1) is 5.10 Å². The van der Waals surface area contributed by atoms with Crippen LogP contribution in [-0.2, 0) is 0 Å². The molecule has 0 unspecified atom stereocenters. The molecule has 66 valence electrons. The summed E-state index contributed by atoms with van der Waals surface area (Å²) in [4.78, 5) is 0. The van der Waals surface area contributed by atoms with E-state index in [-0.39, 0.29) is 0 Å². The fraction of sp³-hybridized carbons (Fsp3) is 0.125. The highest BCUT2D eigenvalue weighted by molar-refractivity contribution is 9.10. The van der Waals surface area contributed by atoms with E-state index in [1.165, 1.54) is 0 Å². The van der Waals surface area contributed by atoms with Gasteiger partial charge in [-0.3, -0.25) is 0 Å². The van der Waals surface area contributed by atoms with Crippen LogP contribution in [0.4, 0.5) is 0 Å². The first-order valence-electron chi connectivity index (χ1n) is 3.77. The summed E-state index contributed by atoms with van der Waals surface area (Å²) in [6.45, 7) is 2.02. The lowest BCUT2D eigenvalue weighted by Gasteiger charge is -2.03. The van der Waals surface area contributed by atoms with Gasteiger partial charge in [-0.2, -0.15) is 0 Å². The first-order chi connectivity index (χ1) is 6.27. The van der Waals surface area contributed by atoms with Crippen molar-refractivity contribution in [2.75, 3.05) is 0 Å². The van der Waals surface area contributed by atoms with Crippen LogP contribution in [0.3, 0.4) is 0 Å². The molecule has 1 aromatic carbocycles. The zero-order valence-corrected chi connectivity index (χ0v) is 8.56. The molecule has 0 atom stereocenters. The van der Waals surface area contributed by atoms with Crippen LogP contribution in [0, 0.1) is 6.92 Å². The molecule has 0 spiro atoms. The number of aryl methyl sites for hydroxylation is 1. The molecule has 0 saturated heterocycles. The Kier molecular flexibility index (Phi) is 2.10. The predicted molar refractivity (Wildman–Crippen MR) is 51.6 cm³/mol. The number of rotatable bonds is 1. The zero-order chi connectivity index (χ0) is 9.26. The van der Waals surface area contributed by atoms with Crippen molar-refractivity contribution in [2.45, 2.75) is 6.92 Å². The average molecular weight is 239 g/mol. The molecule has 2 aromatic rings. The molecule has 0 aliphatic carbocycles. The van der Waals surface area contributed by atoms with E-state index >= 15 is 0 Å². The van der Waals surface area contributed by atoms with Gasteiger partial charge in [0.15, 0.2) is 0 Å². The molecule has 0 amide bonds. The topological polar surface area (TPSA) is 43.6 Å². The smallest absolute Gasteiger partial charge is 0.143 e. The Hall–Kier alpha value is -1.23. The maximum absolute atomic E-state index is 3.82. The summed E-state index contributed by atoms with van der Waals surface area (Å²) in [5, 5.41) is 11.0. The number of nitrogens with zero attached hydrogens (tertiary/aromatic N) is 4. The van der Waals surface area contributed by atoms with E-state index < -0.39 is 0 Å². The Bertz CT molecular complexity index is 410. The van der Waals surface area contributed by atoms with E-state index in [2.05, 4.69) is 31.5 Å². The van der Waals surface area contributed by atoms with E-state index in [0.717, 1.165) is 15.7 Å². The zero-order valence-electron chi connectivity index (χ0n) is 6.98. The number of hydrogen-bond acceptors (Lipinski definition) is 3. The van der Waals surface area contributed by atoms with Gasteiger partial charge in [0.1, 0.15) is 6.33 Å². The lowest BCUT2D eigenvalue weighted by molar-refractivity contribution is 0.785. The van der Waals surface area contributed by atoms with Gasteiger partial charge in [0.25, 0.3) is 0 Å². The largest absolute Gasteiger partial charge is 0.200 e. The van der Waals surface area contributed by atoms with E-state index in [0.29, 0.717) is 0 Å². The van der Waals surface area contributed by atoms with Crippen molar-refractivity contribution in [3.05, 3.63) is 34.6 Å². The summed E-state index contributed by atoms with van der Waals surface area (Å²) in [5.41, 5.74) is 2.12. The Morgan fingerprint density at radius 3 is 2.92 bits per heavy atom. The minimum Gasteiger partial charge on any atom is -0.200 e. The van der Waals surface area contributed by atoms with Crippen molar-refractivity contribution < 1.29 is 0 Å². The number of hydrogen-bond donors (Lipinski definition) is 0. The highest BCUT2D eigenvalue weighted by Crippen LogP contribution is 2.18. The number of halogens is 1. The van der Waals surface area contributed by atoms with Crippen LogP contribution >= 0.6 is 15.9 Å². The van der Waals surface area contributed by atoms with Gasteiger partial charge in [0.05, 0.1) is 5.69 Å². The molecular formula is C8H7BrN4. The molecule has 0 N–H and O–H groups in total. The Labute approximate surface area is 83.7 Å². The first kappa shape index (κ1) is 8.37. The standard InChI is InChI=1S/C8H7BrN4/c1-6-2-3-7(9)4-8(6)13-5-10-11-12-13/h2-5H,1H3. The van der Waals surface area contributed by atoms with Gasteiger partial charge in [-0.1, -0.05) is 22.0 Å². The van der Waals surface area contributed by atoms with Crippen LogP contribution in [-0.4, -0.2) is 20.2 Å². The molecule has 0 fully saturated rings. The van der Waals surface area contributed by atoms with Crippen LogP contribution in [0.1, 0.15) is 5.56 Å². The van der Waals surface area contributed by atoms with E-state index in [9.17, 15) is 0 Å². The molecule has 0 radical (unpaired) electrons. The van der Waals surface area contributed by atoms with Gasteiger partial charge in [-0.05, 0) is 35.0 Å². The Balaban J connectivity index is 2.57. The van der Waals surface area contributed by atoms with Crippen LogP contribution in [0.25, 0.3) is 5.69 Å². The summed E-state index contributed by atoms with van der Waals surface area (Å²) in [6, 6.07) is 5.98. The maximum atomic E-state index is 3.82. The summed E-state index contributed by atoms with van der Waals surface area (Å²) in [5.74, 6) is 0. The summed E-state index contributed by atoms with van der Waals surface area (Å²) >= 11 is 3.40. The van der Waals surface area contributed by atoms with E-state index in [4.69, 9.17) is 0 Å². The molecule has 0 saturated carbocycles. The molecule has 4 nitrogen and oxygen atoms in total. The highest BCUT2D eigenvalue weighted by atomic mass is 79.9. The molecular weight excluding hydrogens is 232 g/mol. The third kappa shape index (κ3) is 1.60. The number of benzene rings is 1. The van der Waals surface area contributed by atoms with Crippen molar-refractivity contribution in [3.63, 3.8) is 0 Å². The maximum Gasteiger partial charge on any atom is 0.143 e. The average Bonchev–Trinajstić information content (AvgIpc) is 2.61. The lowest BCUT2D eigenvalue weighted by Crippen LogP contribution is -1.97. The SMILES string of the molecule is Cc1ccc(Br)cc1-n1cnnn1. The normalized spacial score (nSPS) is 10.3. The van der Waals surface area contributed by atoms with Crippen molar-refractivity contribution in [1.82, 2.24) is 20.2 Å². The number of aromatic nitrogens is 4. The minimum atomic E-state index is 0.986. The molecule has 5 heteroatoms. The van der Waals surface area contributed by atoms with E-state index in [1.54, 1.807) is 11.0 Å². The first-order valence-corrected chi connectivity index (χ1v) is 4.56. The lowest BCUT2D eigenvalue weighted by atomic mass is 10.2. The molecule has 13 heavy (non-hydrogen) atoms. The second-order valence-electron chi connectivity index (χ2n) is 2.69. The van der Waals surface area contributed by atoms with Crippen molar-refractivity contribution in [2.24, 2.45) is 0 Å². The quantitative estimate of drug-likeness (QED) is 0.761. The van der Waals surface area contributed by atoms with Gasteiger partial charge < -0.3 is 0 Å². The van der Waals surface area contributed by atoms with Gasteiger partial charge in [-0.25, -0.2) is 4.68 Å². The van der Waals surface area contributed by atoms with Crippen LogP contribution in [0.15, 0.2) is 29.0 Å². The van der Waals surface area contributed by atoms with Crippen LogP contribution in [0.5, 0.6) is 0 Å². The van der Waals surface area contributed by atoms with Crippen molar-refractivity contribution >= 4 is 15.9 Å². The van der Waals surface area contributed by atoms with Crippen LogP contribution in [0.2, 0.25) is 0 Å². The van der Waals surface area contributed by atoms with Crippen molar-refractivity contribution in [1.29, 1.82) is 0 Å². The second kappa shape index (κ2) is 3.26. The third-order valence-corrected chi connectivity index (χ3v) is 2.26. The fourth-order valence-corrected chi connectivity index (χ4v) is 1.45. The monoisotopic (exact) mass is 238 g/mol. The second-order valence-corrected chi connectivity index (χ2v) is 3.60. The number of tetrazole rings is 1.